The highest BCUT2D eigenvalue weighted by molar-refractivity contribution is 5.90. The Kier molecular flexibility index (Phi) is 10.3. The van der Waals surface area contributed by atoms with Crippen LogP contribution in [0.5, 0.6) is 5.75 Å². The molecule has 0 aliphatic carbocycles. The van der Waals surface area contributed by atoms with E-state index in [0.717, 1.165) is 17.7 Å². The average Bonchev–Trinajstić information content (AvgIpc) is 2.80. The second-order valence-electron chi connectivity index (χ2n) is 9.03. The number of rotatable bonds is 12. The van der Waals surface area contributed by atoms with Crippen LogP contribution in [-0.2, 0) is 14.3 Å². The van der Waals surface area contributed by atoms with Crippen LogP contribution in [0, 0.1) is 5.92 Å². The van der Waals surface area contributed by atoms with Crippen LogP contribution in [-0.4, -0.2) is 74.2 Å². The van der Waals surface area contributed by atoms with Gasteiger partial charge in [0.15, 0.2) is 0 Å². The highest BCUT2D eigenvalue weighted by Gasteiger charge is 2.55. The van der Waals surface area contributed by atoms with E-state index in [4.69, 9.17) is 14.6 Å². The van der Waals surface area contributed by atoms with Gasteiger partial charge in [0.05, 0.1) is 30.8 Å². The molecule has 1 aromatic rings. The maximum atomic E-state index is 13.9. The zero-order valence-corrected chi connectivity index (χ0v) is 20.1. The quantitative estimate of drug-likeness (QED) is 0.227. The lowest BCUT2D eigenvalue weighted by Crippen LogP contribution is -2.62. The molecule has 2 rings (SSSR count). The number of alkyl halides is 2. The van der Waals surface area contributed by atoms with Crippen molar-refractivity contribution in [1.29, 1.82) is 0 Å². The average molecular weight is 518 g/mol. The molecule has 1 aliphatic heterocycles. The lowest BCUT2D eigenvalue weighted by Gasteiger charge is -2.45. The van der Waals surface area contributed by atoms with E-state index >= 15 is 0 Å². The molecule has 10 nitrogen and oxygen atoms in total. The molecular weight excluding hydrogens is 484 g/mol. The van der Waals surface area contributed by atoms with Crippen molar-refractivity contribution in [3.8, 4) is 5.75 Å². The number of hydrogen-bond acceptors (Lipinski definition) is 8. The Morgan fingerprint density at radius 2 is 1.97 bits per heavy atom. The molecule has 6 atom stereocenters. The maximum absolute atomic E-state index is 13.9. The van der Waals surface area contributed by atoms with Gasteiger partial charge in [-0.25, -0.2) is 13.6 Å². The molecule has 0 spiro atoms. The van der Waals surface area contributed by atoms with Gasteiger partial charge < -0.3 is 40.3 Å². The third kappa shape index (κ3) is 7.20. The van der Waals surface area contributed by atoms with Crippen molar-refractivity contribution in [2.75, 3.05) is 11.9 Å². The van der Waals surface area contributed by atoms with Crippen molar-refractivity contribution >= 4 is 17.6 Å². The summed E-state index contributed by atoms with van der Waals surface area (Å²) in [7, 11) is 0. The molecule has 0 radical (unpaired) electrons. The van der Waals surface area contributed by atoms with Crippen LogP contribution >= 0.6 is 0 Å². The van der Waals surface area contributed by atoms with Crippen LogP contribution in [0.3, 0.4) is 0 Å². The summed E-state index contributed by atoms with van der Waals surface area (Å²) in [5.74, 6) is -6.33. The SMILES string of the molecule is C=C(C)CCCC(=O)Nc1ccc(O[C@]2(C(=O)O)C[C@@H](O)[C@@H](C)C([C@H](O)[C@H](O)CO)O2)c(C(F)F)c1. The molecule has 0 aromatic heterocycles. The van der Waals surface area contributed by atoms with Crippen molar-refractivity contribution in [2.24, 2.45) is 5.92 Å². The minimum atomic E-state index is -3.13. The van der Waals surface area contributed by atoms with E-state index in [0.29, 0.717) is 12.8 Å². The summed E-state index contributed by atoms with van der Waals surface area (Å²) in [5.41, 5.74) is 0.209. The summed E-state index contributed by atoms with van der Waals surface area (Å²) >= 11 is 0. The smallest absolute Gasteiger partial charge is 0.377 e. The summed E-state index contributed by atoms with van der Waals surface area (Å²) in [5, 5.41) is 52.1. The summed E-state index contributed by atoms with van der Waals surface area (Å²) < 4.78 is 38.6. The molecule has 1 saturated heterocycles. The van der Waals surface area contributed by atoms with Gasteiger partial charge in [-0.2, -0.15) is 0 Å². The van der Waals surface area contributed by atoms with E-state index in [9.17, 15) is 38.8 Å². The Balaban J connectivity index is 2.32. The second kappa shape index (κ2) is 12.5. The Morgan fingerprint density at radius 1 is 1.31 bits per heavy atom. The molecule has 0 bridgehead atoms. The zero-order chi connectivity index (χ0) is 27.2. The number of aliphatic carboxylic acids is 1. The summed E-state index contributed by atoms with van der Waals surface area (Å²) in [6.07, 6.45) is -8.96. The minimum absolute atomic E-state index is 0.0416. The number of benzene rings is 1. The predicted molar refractivity (Wildman–Crippen MR) is 123 cm³/mol. The number of hydrogen-bond donors (Lipinski definition) is 6. The molecule has 1 heterocycles. The summed E-state index contributed by atoms with van der Waals surface area (Å²) in [6.45, 7) is 6.12. The fraction of sp³-hybridized carbons (Fsp3) is 0.583. The number of nitrogens with one attached hydrogen (secondary N) is 1. The number of halogens is 2. The van der Waals surface area contributed by atoms with Crippen LogP contribution in [0.15, 0.2) is 30.4 Å². The normalized spacial score (nSPS) is 25.8. The Hall–Kier alpha value is -2.64. The lowest BCUT2D eigenvalue weighted by molar-refractivity contribution is -0.292. The first kappa shape index (κ1) is 29.6. The first-order valence-corrected chi connectivity index (χ1v) is 11.4. The van der Waals surface area contributed by atoms with Crippen molar-refractivity contribution in [3.05, 3.63) is 35.9 Å². The maximum Gasteiger partial charge on any atom is 0.377 e. The van der Waals surface area contributed by atoms with E-state index in [1.165, 1.54) is 13.0 Å². The van der Waals surface area contributed by atoms with Gasteiger partial charge in [0.2, 0.25) is 5.91 Å². The predicted octanol–water partition coefficient (Wildman–Crippen LogP) is 1.97. The number of carbonyl (C=O) groups is 2. The van der Waals surface area contributed by atoms with E-state index in [-0.39, 0.29) is 12.1 Å². The number of carboxylic acids is 1. The third-order valence-electron chi connectivity index (χ3n) is 5.98. The number of aliphatic hydroxyl groups is 4. The van der Waals surface area contributed by atoms with Gasteiger partial charge in [-0.3, -0.25) is 4.79 Å². The molecule has 202 valence electrons. The number of anilines is 1. The van der Waals surface area contributed by atoms with E-state index < -0.39 is 78.8 Å². The Labute approximate surface area is 207 Å². The van der Waals surface area contributed by atoms with Crippen molar-refractivity contribution < 1.29 is 53.4 Å². The number of carbonyl (C=O) groups excluding carboxylic acids is 1. The number of allylic oxidation sites excluding steroid dienone is 1. The molecule has 1 amide bonds. The third-order valence-corrected chi connectivity index (χ3v) is 5.98. The van der Waals surface area contributed by atoms with Crippen LogP contribution < -0.4 is 10.1 Å². The fourth-order valence-electron chi connectivity index (χ4n) is 3.85. The van der Waals surface area contributed by atoms with Gasteiger partial charge >= 0.3 is 11.8 Å². The number of amides is 1. The van der Waals surface area contributed by atoms with E-state index in [2.05, 4.69) is 11.9 Å². The zero-order valence-electron chi connectivity index (χ0n) is 20.1. The van der Waals surface area contributed by atoms with Gasteiger partial charge in [-0.05, 0) is 38.0 Å². The van der Waals surface area contributed by atoms with Crippen LogP contribution in [0.1, 0.15) is 51.5 Å². The molecule has 12 heteroatoms. The van der Waals surface area contributed by atoms with Gasteiger partial charge in [0.1, 0.15) is 18.0 Å². The van der Waals surface area contributed by atoms with Crippen molar-refractivity contribution in [1.82, 2.24) is 0 Å². The van der Waals surface area contributed by atoms with Crippen LogP contribution in [0.25, 0.3) is 0 Å². The molecular formula is C24H33F2NO9. The molecule has 1 aliphatic rings. The molecule has 36 heavy (non-hydrogen) atoms. The molecule has 1 aromatic carbocycles. The highest BCUT2D eigenvalue weighted by atomic mass is 19.3. The largest absolute Gasteiger partial charge is 0.476 e. The summed E-state index contributed by atoms with van der Waals surface area (Å²) in [6, 6.07) is 3.23. The Bertz CT molecular complexity index is 944. The number of aliphatic hydroxyl groups excluding tert-OH is 4. The molecule has 1 unspecified atom stereocenters. The van der Waals surface area contributed by atoms with Gasteiger partial charge in [0.25, 0.3) is 6.43 Å². The van der Waals surface area contributed by atoms with Gasteiger partial charge in [0, 0.05) is 18.0 Å². The molecule has 0 saturated carbocycles. The second-order valence-corrected chi connectivity index (χ2v) is 9.03. The van der Waals surface area contributed by atoms with Gasteiger partial charge in [-0.15, -0.1) is 6.58 Å². The van der Waals surface area contributed by atoms with Crippen LogP contribution in [0.2, 0.25) is 0 Å². The monoisotopic (exact) mass is 517 g/mol. The fourth-order valence-corrected chi connectivity index (χ4v) is 3.85. The minimum Gasteiger partial charge on any atom is -0.476 e. The molecule has 6 N–H and O–H groups in total. The standard InChI is InChI=1S/C24H33F2NO9/c1-12(2)5-4-6-19(31)27-14-7-8-18(15(9-14)22(25)26)35-24(23(33)34)10-16(29)13(3)21(36-24)20(32)17(30)11-28/h7-9,13,16-17,20-22,28-30,32H,1,4-6,10-11H2,2-3H3,(H,27,31)(H,33,34)/t13-,16-,17-,20-,21?,24-/m1/s1. The number of ether oxygens (including phenoxy) is 2. The number of carboxylic acid groups (broad SMARTS) is 1. The van der Waals surface area contributed by atoms with E-state index in [1.54, 1.807) is 0 Å². The highest BCUT2D eigenvalue weighted by Crippen LogP contribution is 2.40. The lowest BCUT2D eigenvalue weighted by atomic mass is 9.84. The first-order valence-electron chi connectivity index (χ1n) is 11.4. The summed E-state index contributed by atoms with van der Waals surface area (Å²) in [4.78, 5) is 24.3. The first-order chi connectivity index (χ1) is 16.8. The van der Waals surface area contributed by atoms with Gasteiger partial charge in [-0.1, -0.05) is 12.5 Å². The topological polar surface area (TPSA) is 166 Å². The molecule has 1 fully saturated rings. The van der Waals surface area contributed by atoms with E-state index in [1.807, 2.05) is 6.92 Å². The van der Waals surface area contributed by atoms with Crippen LogP contribution in [0.4, 0.5) is 14.5 Å². The van der Waals surface area contributed by atoms with Crippen molar-refractivity contribution in [3.63, 3.8) is 0 Å². The van der Waals surface area contributed by atoms with Crippen molar-refractivity contribution in [2.45, 2.75) is 76.2 Å². The Morgan fingerprint density at radius 3 is 2.53 bits per heavy atom.